The molecule has 0 saturated carbocycles. The number of piperidine rings is 1. The van der Waals surface area contributed by atoms with Gasteiger partial charge in [0.15, 0.2) is 0 Å². The Morgan fingerprint density at radius 3 is 2.29 bits per heavy atom. The van der Waals surface area contributed by atoms with Gasteiger partial charge >= 0.3 is 0 Å². The van der Waals surface area contributed by atoms with Crippen LogP contribution in [0, 0.1) is 5.92 Å². The average Bonchev–Trinajstić information content (AvgIpc) is 2.06. The topological polar surface area (TPSA) is 29.3 Å². The van der Waals surface area contributed by atoms with Crippen molar-refractivity contribution in [2.45, 2.75) is 52.0 Å². The highest BCUT2D eigenvalue weighted by molar-refractivity contribution is 4.80. The van der Waals surface area contributed by atoms with Gasteiger partial charge in [0, 0.05) is 12.1 Å². The van der Waals surface area contributed by atoms with Crippen molar-refractivity contribution < 1.29 is 0 Å². The summed E-state index contributed by atoms with van der Waals surface area (Å²) in [4.78, 5) is 2.52. The van der Waals surface area contributed by atoms with Crippen LogP contribution >= 0.6 is 0 Å². The predicted octanol–water partition coefficient (Wildman–Crippen LogP) is 2.24. The van der Waals surface area contributed by atoms with E-state index in [4.69, 9.17) is 5.73 Å². The Balaban J connectivity index is 2.22. The lowest BCUT2D eigenvalue weighted by Gasteiger charge is -2.35. The molecule has 0 atom stereocenters. The molecule has 1 fully saturated rings. The van der Waals surface area contributed by atoms with Crippen LogP contribution in [0.4, 0.5) is 0 Å². The largest absolute Gasteiger partial charge is 0.324 e. The number of nitrogens with two attached hydrogens (primary N) is 1. The summed E-state index contributed by atoms with van der Waals surface area (Å²) in [5.74, 6) is 0.983. The smallest absolute Gasteiger partial charge is 0.0226 e. The maximum Gasteiger partial charge on any atom is 0.0226 e. The Labute approximate surface area is 88.8 Å². The molecule has 2 N–H and O–H groups in total. The zero-order valence-electron chi connectivity index (χ0n) is 10.1. The van der Waals surface area contributed by atoms with Crippen LogP contribution in [-0.4, -0.2) is 30.1 Å². The molecular formula is C12H26N2. The first-order valence-corrected chi connectivity index (χ1v) is 6.02. The van der Waals surface area contributed by atoms with Crippen LogP contribution in [0.2, 0.25) is 0 Å². The molecule has 0 amide bonds. The molecule has 0 aromatic rings. The number of nitrogens with zero attached hydrogens (tertiary/aromatic N) is 1. The maximum atomic E-state index is 6.02. The number of hydrogen-bond acceptors (Lipinski definition) is 2. The predicted molar refractivity (Wildman–Crippen MR) is 62.3 cm³/mol. The Bertz CT molecular complexity index is 152. The van der Waals surface area contributed by atoms with Gasteiger partial charge in [-0.3, -0.25) is 0 Å². The molecule has 1 rings (SSSR count). The summed E-state index contributed by atoms with van der Waals surface area (Å²) >= 11 is 0. The monoisotopic (exact) mass is 198 g/mol. The van der Waals surface area contributed by atoms with Gasteiger partial charge in [-0.1, -0.05) is 19.8 Å². The van der Waals surface area contributed by atoms with E-state index in [-0.39, 0.29) is 5.54 Å². The first kappa shape index (κ1) is 12.0. The molecule has 2 nitrogen and oxygen atoms in total. The molecule has 84 valence electrons. The molecule has 0 unspecified atom stereocenters. The Hall–Kier alpha value is -0.0800. The van der Waals surface area contributed by atoms with Gasteiger partial charge in [-0.2, -0.15) is 0 Å². The van der Waals surface area contributed by atoms with Gasteiger partial charge in [0.05, 0.1) is 0 Å². The molecule has 1 heterocycles. The molecule has 1 aliphatic heterocycles. The number of rotatable bonds is 4. The average molecular weight is 198 g/mol. The zero-order valence-corrected chi connectivity index (χ0v) is 10.1. The minimum absolute atomic E-state index is 0.0302. The van der Waals surface area contributed by atoms with Gasteiger partial charge in [0.1, 0.15) is 0 Å². The van der Waals surface area contributed by atoms with Crippen LogP contribution in [0.5, 0.6) is 0 Å². The van der Waals surface area contributed by atoms with Gasteiger partial charge in [0.2, 0.25) is 0 Å². The SMILES string of the molecule is CCCC1CCN(CC(C)(C)N)CC1. The highest BCUT2D eigenvalue weighted by Gasteiger charge is 2.22. The minimum atomic E-state index is -0.0302. The molecule has 2 heteroatoms. The van der Waals surface area contributed by atoms with Crippen molar-refractivity contribution in [1.82, 2.24) is 4.90 Å². The van der Waals surface area contributed by atoms with E-state index in [0.717, 1.165) is 12.5 Å². The van der Waals surface area contributed by atoms with Crippen molar-refractivity contribution in [3.05, 3.63) is 0 Å². The van der Waals surface area contributed by atoms with Crippen LogP contribution in [-0.2, 0) is 0 Å². The molecule has 0 aromatic carbocycles. The third kappa shape index (κ3) is 4.43. The molecule has 1 saturated heterocycles. The van der Waals surface area contributed by atoms with Crippen molar-refractivity contribution in [3.63, 3.8) is 0 Å². The fraction of sp³-hybridized carbons (Fsp3) is 1.00. The third-order valence-electron chi connectivity index (χ3n) is 3.04. The molecule has 0 spiro atoms. The second-order valence-electron chi connectivity index (χ2n) is 5.50. The molecule has 0 aliphatic carbocycles. The summed E-state index contributed by atoms with van der Waals surface area (Å²) < 4.78 is 0. The molecule has 0 aromatic heterocycles. The molecule has 0 radical (unpaired) electrons. The summed E-state index contributed by atoms with van der Waals surface area (Å²) in [5.41, 5.74) is 5.99. The molecule has 1 aliphatic rings. The fourth-order valence-corrected chi connectivity index (χ4v) is 2.42. The summed E-state index contributed by atoms with van der Waals surface area (Å²) in [7, 11) is 0. The normalized spacial score (nSPS) is 21.4. The van der Waals surface area contributed by atoms with E-state index in [1.165, 1.54) is 38.8 Å². The minimum Gasteiger partial charge on any atom is -0.324 e. The number of hydrogen-bond donors (Lipinski definition) is 1. The van der Waals surface area contributed by atoms with E-state index < -0.39 is 0 Å². The lowest BCUT2D eigenvalue weighted by molar-refractivity contribution is 0.153. The Morgan fingerprint density at radius 2 is 1.86 bits per heavy atom. The van der Waals surface area contributed by atoms with Crippen molar-refractivity contribution in [2.75, 3.05) is 19.6 Å². The van der Waals surface area contributed by atoms with Crippen LogP contribution in [0.15, 0.2) is 0 Å². The molecule has 14 heavy (non-hydrogen) atoms. The summed E-state index contributed by atoms with van der Waals surface area (Å²) in [5, 5.41) is 0. The maximum absolute atomic E-state index is 6.02. The highest BCUT2D eigenvalue weighted by Crippen LogP contribution is 2.22. The van der Waals surface area contributed by atoms with Crippen molar-refractivity contribution in [1.29, 1.82) is 0 Å². The molecular weight excluding hydrogens is 172 g/mol. The van der Waals surface area contributed by atoms with Crippen LogP contribution in [0.3, 0.4) is 0 Å². The van der Waals surface area contributed by atoms with Crippen molar-refractivity contribution >= 4 is 0 Å². The third-order valence-corrected chi connectivity index (χ3v) is 3.04. The van der Waals surface area contributed by atoms with Gasteiger partial charge in [0.25, 0.3) is 0 Å². The standard InChI is InChI=1S/C12H26N2/c1-4-5-11-6-8-14(9-7-11)10-12(2,3)13/h11H,4-10,13H2,1-3H3. The summed E-state index contributed by atoms with van der Waals surface area (Å²) in [6, 6.07) is 0. The van der Waals surface area contributed by atoms with E-state index in [0.29, 0.717) is 0 Å². The zero-order chi connectivity index (χ0) is 10.6. The summed E-state index contributed by atoms with van der Waals surface area (Å²) in [6.07, 6.45) is 5.51. The van der Waals surface area contributed by atoms with E-state index in [1.807, 2.05) is 0 Å². The lowest BCUT2D eigenvalue weighted by Crippen LogP contribution is -2.47. The van der Waals surface area contributed by atoms with Gasteiger partial charge in [-0.15, -0.1) is 0 Å². The fourth-order valence-electron chi connectivity index (χ4n) is 2.42. The van der Waals surface area contributed by atoms with E-state index in [2.05, 4.69) is 25.7 Å². The van der Waals surface area contributed by atoms with E-state index >= 15 is 0 Å². The summed E-state index contributed by atoms with van der Waals surface area (Å²) in [6.45, 7) is 10.1. The van der Waals surface area contributed by atoms with Crippen LogP contribution < -0.4 is 5.73 Å². The van der Waals surface area contributed by atoms with Gasteiger partial charge in [-0.05, 0) is 45.7 Å². The van der Waals surface area contributed by atoms with Crippen LogP contribution in [0.1, 0.15) is 46.5 Å². The highest BCUT2D eigenvalue weighted by atomic mass is 15.1. The van der Waals surface area contributed by atoms with Gasteiger partial charge in [-0.25, -0.2) is 0 Å². The van der Waals surface area contributed by atoms with Crippen molar-refractivity contribution in [3.8, 4) is 0 Å². The lowest BCUT2D eigenvalue weighted by atomic mass is 9.91. The second-order valence-corrected chi connectivity index (χ2v) is 5.50. The second kappa shape index (κ2) is 5.13. The van der Waals surface area contributed by atoms with E-state index in [9.17, 15) is 0 Å². The van der Waals surface area contributed by atoms with Crippen LogP contribution in [0.25, 0.3) is 0 Å². The van der Waals surface area contributed by atoms with Gasteiger partial charge < -0.3 is 10.6 Å². The quantitative estimate of drug-likeness (QED) is 0.750. The Kier molecular flexibility index (Phi) is 4.39. The van der Waals surface area contributed by atoms with Crippen molar-refractivity contribution in [2.24, 2.45) is 11.7 Å². The molecule has 0 bridgehead atoms. The Morgan fingerprint density at radius 1 is 1.29 bits per heavy atom. The first-order chi connectivity index (χ1) is 6.51. The van der Waals surface area contributed by atoms with E-state index in [1.54, 1.807) is 0 Å². The number of likely N-dealkylation sites (tertiary alicyclic amines) is 1. The first-order valence-electron chi connectivity index (χ1n) is 6.02.